The monoisotopic (exact) mass is 482 g/mol. The highest BCUT2D eigenvalue weighted by Crippen LogP contribution is 2.25. The summed E-state index contributed by atoms with van der Waals surface area (Å²) >= 11 is 1.26. The highest BCUT2D eigenvalue weighted by Gasteiger charge is 2.24. The van der Waals surface area contributed by atoms with Gasteiger partial charge in [-0.25, -0.2) is 14.8 Å². The molecule has 0 unspecified atom stereocenters. The van der Waals surface area contributed by atoms with Gasteiger partial charge in [-0.2, -0.15) is 4.37 Å². The zero-order valence-electron chi connectivity index (χ0n) is 18.9. The molecule has 2 aromatic heterocycles. The summed E-state index contributed by atoms with van der Waals surface area (Å²) in [6, 6.07) is 8.62. The first-order chi connectivity index (χ1) is 16.4. The molecule has 4 rings (SSSR count). The largest absolute Gasteiger partial charge is 0.497 e. The van der Waals surface area contributed by atoms with Gasteiger partial charge in [0, 0.05) is 24.8 Å². The summed E-state index contributed by atoms with van der Waals surface area (Å²) in [4.78, 5) is 35.2. The number of methoxy groups -OCH3 is 1. The quantitative estimate of drug-likeness (QED) is 0.402. The van der Waals surface area contributed by atoms with E-state index < -0.39 is 5.91 Å². The standard InChI is InChI=1S/C22H26N8O3S/c1-13-10-18(34-29-13)28-21-19(20(23)31)24-11-17(27-21)30-9-3-4-15(12-30)26-22(32)25-14-5-7-16(33-2)8-6-14/h5-8,10-11,15H,3-4,9,12H2,1-2H3,(H2,23,31)(H,27,28)(H2,25,26,32)/t15-/m1/s1. The van der Waals surface area contributed by atoms with E-state index in [1.165, 1.54) is 17.7 Å². The van der Waals surface area contributed by atoms with E-state index in [4.69, 9.17) is 10.5 Å². The molecule has 3 amide bonds. The van der Waals surface area contributed by atoms with Gasteiger partial charge in [0.25, 0.3) is 5.91 Å². The second kappa shape index (κ2) is 10.3. The zero-order chi connectivity index (χ0) is 24.1. The molecule has 1 saturated heterocycles. The lowest BCUT2D eigenvalue weighted by Gasteiger charge is -2.34. The number of primary amides is 1. The van der Waals surface area contributed by atoms with Gasteiger partial charge in [-0.15, -0.1) is 0 Å². The van der Waals surface area contributed by atoms with Crippen LogP contribution in [-0.2, 0) is 0 Å². The summed E-state index contributed by atoms with van der Waals surface area (Å²) in [6.45, 7) is 3.19. The number of carbonyl (C=O) groups is 2. The van der Waals surface area contributed by atoms with Crippen molar-refractivity contribution in [1.82, 2.24) is 19.7 Å². The molecular formula is C22H26N8O3S. The fourth-order valence-corrected chi connectivity index (χ4v) is 4.33. The third-order valence-corrected chi connectivity index (χ3v) is 6.09. The van der Waals surface area contributed by atoms with E-state index in [1.54, 1.807) is 31.4 Å². The van der Waals surface area contributed by atoms with Crippen molar-refractivity contribution >= 4 is 45.8 Å². The number of aryl methyl sites for hydroxylation is 1. The van der Waals surface area contributed by atoms with E-state index in [9.17, 15) is 9.59 Å². The van der Waals surface area contributed by atoms with Crippen molar-refractivity contribution in [2.24, 2.45) is 5.73 Å². The summed E-state index contributed by atoms with van der Waals surface area (Å²) in [7, 11) is 1.59. The summed E-state index contributed by atoms with van der Waals surface area (Å²) in [5.41, 5.74) is 7.08. The average molecular weight is 483 g/mol. The first-order valence-corrected chi connectivity index (χ1v) is 11.5. The van der Waals surface area contributed by atoms with Crippen molar-refractivity contribution in [3.63, 3.8) is 0 Å². The lowest BCUT2D eigenvalue weighted by molar-refractivity contribution is 0.0996. The summed E-state index contributed by atoms with van der Waals surface area (Å²) in [6.07, 6.45) is 3.23. The van der Waals surface area contributed by atoms with Crippen LogP contribution in [0.5, 0.6) is 5.75 Å². The Balaban J connectivity index is 1.42. The minimum absolute atomic E-state index is 0.0559. The molecule has 3 heterocycles. The number of amides is 3. The van der Waals surface area contributed by atoms with Crippen LogP contribution in [0.4, 0.5) is 27.1 Å². The number of nitrogens with two attached hydrogens (primary N) is 1. The maximum absolute atomic E-state index is 12.5. The Kier molecular flexibility index (Phi) is 7.07. The number of rotatable bonds is 7. The summed E-state index contributed by atoms with van der Waals surface area (Å²) in [5.74, 6) is 0.921. The Morgan fingerprint density at radius 1 is 1.26 bits per heavy atom. The first-order valence-electron chi connectivity index (χ1n) is 10.7. The second-order valence-corrected chi connectivity index (χ2v) is 8.66. The molecule has 3 aromatic rings. The first kappa shape index (κ1) is 23.2. The van der Waals surface area contributed by atoms with Crippen LogP contribution in [-0.4, -0.2) is 52.5 Å². The van der Waals surface area contributed by atoms with Crippen molar-refractivity contribution in [2.45, 2.75) is 25.8 Å². The van der Waals surface area contributed by atoms with E-state index in [-0.39, 0.29) is 23.6 Å². The molecule has 0 spiro atoms. The van der Waals surface area contributed by atoms with Crippen LogP contribution in [0.1, 0.15) is 29.0 Å². The second-order valence-electron chi connectivity index (χ2n) is 7.86. The molecule has 5 N–H and O–H groups in total. The van der Waals surface area contributed by atoms with Gasteiger partial charge in [-0.05, 0) is 61.6 Å². The predicted octanol–water partition coefficient (Wildman–Crippen LogP) is 2.88. The number of urea groups is 1. The molecule has 1 aliphatic rings. The van der Waals surface area contributed by atoms with Crippen molar-refractivity contribution < 1.29 is 14.3 Å². The molecule has 34 heavy (non-hydrogen) atoms. The molecule has 0 bridgehead atoms. The van der Waals surface area contributed by atoms with Crippen LogP contribution in [0.2, 0.25) is 0 Å². The van der Waals surface area contributed by atoms with Crippen molar-refractivity contribution in [2.75, 3.05) is 35.7 Å². The normalized spacial score (nSPS) is 15.5. The van der Waals surface area contributed by atoms with Crippen molar-refractivity contribution in [3.8, 4) is 5.75 Å². The molecule has 1 aliphatic heterocycles. The van der Waals surface area contributed by atoms with Crippen LogP contribution in [0, 0.1) is 6.92 Å². The fourth-order valence-electron chi connectivity index (χ4n) is 3.67. The topological polar surface area (TPSA) is 147 Å². The number of aromatic nitrogens is 3. The van der Waals surface area contributed by atoms with Crippen LogP contribution in [0.15, 0.2) is 36.5 Å². The SMILES string of the molecule is COc1ccc(NC(=O)N[C@@H]2CCCN(c3cnc(C(N)=O)c(Nc4cc(C)ns4)n3)C2)cc1. The van der Waals surface area contributed by atoms with Crippen LogP contribution in [0.25, 0.3) is 0 Å². The van der Waals surface area contributed by atoms with Gasteiger partial charge in [0.05, 0.1) is 19.0 Å². The number of anilines is 4. The molecule has 11 nitrogen and oxygen atoms in total. The van der Waals surface area contributed by atoms with E-state index in [1.807, 2.05) is 17.9 Å². The number of hydrogen-bond acceptors (Lipinski definition) is 9. The number of carbonyl (C=O) groups excluding carboxylic acids is 2. The number of ether oxygens (including phenoxy) is 1. The van der Waals surface area contributed by atoms with Crippen LogP contribution < -0.4 is 31.3 Å². The third-order valence-electron chi connectivity index (χ3n) is 5.29. The Hall–Kier alpha value is -3.93. The lowest BCUT2D eigenvalue weighted by Crippen LogP contribution is -2.49. The molecule has 178 valence electrons. The Bertz CT molecular complexity index is 1170. The van der Waals surface area contributed by atoms with Gasteiger partial charge in [-0.3, -0.25) is 4.79 Å². The zero-order valence-corrected chi connectivity index (χ0v) is 19.7. The molecule has 12 heteroatoms. The average Bonchev–Trinajstić information content (AvgIpc) is 3.24. The highest BCUT2D eigenvalue weighted by atomic mass is 32.1. The summed E-state index contributed by atoms with van der Waals surface area (Å²) in [5, 5.41) is 9.69. The number of nitrogens with one attached hydrogen (secondary N) is 3. The minimum Gasteiger partial charge on any atom is -0.497 e. The van der Waals surface area contributed by atoms with Gasteiger partial charge in [0.1, 0.15) is 16.6 Å². The molecule has 0 saturated carbocycles. The Labute approximate surface area is 200 Å². The van der Waals surface area contributed by atoms with Crippen LogP contribution in [0.3, 0.4) is 0 Å². The number of hydrogen-bond donors (Lipinski definition) is 4. The van der Waals surface area contributed by atoms with Crippen LogP contribution >= 0.6 is 11.5 Å². The van der Waals surface area contributed by atoms with E-state index in [0.29, 0.717) is 18.1 Å². The summed E-state index contributed by atoms with van der Waals surface area (Å²) < 4.78 is 9.36. The number of piperidine rings is 1. The smallest absolute Gasteiger partial charge is 0.319 e. The van der Waals surface area contributed by atoms with Crippen molar-refractivity contribution in [3.05, 3.63) is 47.9 Å². The van der Waals surface area contributed by atoms with E-state index in [2.05, 4.69) is 30.3 Å². The molecule has 0 aliphatic carbocycles. The lowest BCUT2D eigenvalue weighted by atomic mass is 10.1. The molecule has 1 aromatic carbocycles. The number of nitrogens with zero attached hydrogens (tertiary/aromatic N) is 4. The van der Waals surface area contributed by atoms with Crippen molar-refractivity contribution in [1.29, 1.82) is 0 Å². The van der Waals surface area contributed by atoms with Gasteiger partial charge in [0.15, 0.2) is 11.5 Å². The van der Waals surface area contributed by atoms with E-state index in [0.717, 1.165) is 35.8 Å². The number of benzene rings is 1. The fraction of sp³-hybridized carbons (Fsp3) is 0.318. The molecule has 1 fully saturated rings. The highest BCUT2D eigenvalue weighted by molar-refractivity contribution is 7.10. The van der Waals surface area contributed by atoms with Gasteiger partial charge < -0.3 is 31.3 Å². The Morgan fingerprint density at radius 3 is 2.74 bits per heavy atom. The third kappa shape index (κ3) is 5.70. The minimum atomic E-state index is -0.670. The predicted molar refractivity (Wildman–Crippen MR) is 131 cm³/mol. The Morgan fingerprint density at radius 2 is 2.06 bits per heavy atom. The van der Waals surface area contributed by atoms with E-state index >= 15 is 0 Å². The molecular weight excluding hydrogens is 456 g/mol. The van der Waals surface area contributed by atoms with Gasteiger partial charge >= 0.3 is 6.03 Å². The maximum atomic E-state index is 12.5. The molecule has 0 radical (unpaired) electrons. The van der Waals surface area contributed by atoms with Gasteiger partial charge in [0.2, 0.25) is 0 Å². The van der Waals surface area contributed by atoms with Gasteiger partial charge in [-0.1, -0.05) is 0 Å². The molecule has 1 atom stereocenters. The maximum Gasteiger partial charge on any atom is 0.319 e.